The predicted octanol–water partition coefficient (Wildman–Crippen LogP) is 5.00. The van der Waals surface area contributed by atoms with E-state index in [-0.39, 0.29) is 5.69 Å². The van der Waals surface area contributed by atoms with Gasteiger partial charge in [-0.2, -0.15) is 13.2 Å². The Morgan fingerprint density at radius 2 is 1.70 bits per heavy atom. The van der Waals surface area contributed by atoms with E-state index in [0.29, 0.717) is 18.8 Å². The van der Waals surface area contributed by atoms with Crippen molar-refractivity contribution < 1.29 is 18.0 Å². The molecule has 0 aromatic heterocycles. The van der Waals surface area contributed by atoms with E-state index in [1.807, 2.05) is 4.90 Å². The summed E-state index contributed by atoms with van der Waals surface area (Å²) in [4.78, 5) is 13.7. The highest BCUT2D eigenvalue weighted by molar-refractivity contribution is 6.76. The molecule has 1 amide bonds. The summed E-state index contributed by atoms with van der Waals surface area (Å²) in [5.74, 6) is -1.000. The van der Waals surface area contributed by atoms with Crippen molar-refractivity contribution in [3.63, 3.8) is 0 Å². The summed E-state index contributed by atoms with van der Waals surface area (Å²) < 4.78 is 36.5. The van der Waals surface area contributed by atoms with Gasteiger partial charge in [0.25, 0.3) is 9.70 Å². The standard InChI is InChI=1S/C14H14Cl3F3N2O/c15-13(16,17)12(23)21-10-8-9(14(18,19)20)4-5-11(10)22-6-2-1-3-7-22/h4-5,8H,1-3,6-7H2,(H,21,23). The molecule has 1 aromatic carbocycles. The van der Waals surface area contributed by atoms with Crippen LogP contribution in [-0.2, 0) is 11.0 Å². The minimum absolute atomic E-state index is 0.0157. The van der Waals surface area contributed by atoms with E-state index in [9.17, 15) is 18.0 Å². The van der Waals surface area contributed by atoms with Crippen molar-refractivity contribution in [1.82, 2.24) is 0 Å². The first-order valence-electron chi connectivity index (χ1n) is 6.93. The van der Waals surface area contributed by atoms with Gasteiger partial charge in [0.2, 0.25) is 0 Å². The molecule has 0 bridgehead atoms. The summed E-state index contributed by atoms with van der Waals surface area (Å²) in [7, 11) is 0. The number of halogens is 6. The first-order valence-corrected chi connectivity index (χ1v) is 8.07. The summed E-state index contributed by atoms with van der Waals surface area (Å²) in [5.41, 5.74) is -0.406. The molecule has 1 heterocycles. The number of piperidine rings is 1. The van der Waals surface area contributed by atoms with Gasteiger partial charge in [0, 0.05) is 13.1 Å². The Bertz CT molecular complexity index is 582. The van der Waals surface area contributed by atoms with Gasteiger partial charge in [-0.25, -0.2) is 0 Å². The molecule has 23 heavy (non-hydrogen) atoms. The van der Waals surface area contributed by atoms with E-state index in [4.69, 9.17) is 34.8 Å². The average Bonchev–Trinajstić information content (AvgIpc) is 2.46. The van der Waals surface area contributed by atoms with E-state index in [0.717, 1.165) is 31.4 Å². The molecule has 3 nitrogen and oxygen atoms in total. The zero-order chi connectivity index (χ0) is 17.3. The first-order chi connectivity index (χ1) is 10.6. The molecule has 1 fully saturated rings. The monoisotopic (exact) mass is 388 g/mol. The second kappa shape index (κ2) is 6.95. The zero-order valence-electron chi connectivity index (χ0n) is 11.9. The van der Waals surface area contributed by atoms with Crippen molar-refractivity contribution in [2.45, 2.75) is 29.2 Å². The number of nitrogens with one attached hydrogen (secondary N) is 1. The van der Waals surface area contributed by atoms with Crippen LogP contribution in [0.4, 0.5) is 24.5 Å². The fourth-order valence-corrected chi connectivity index (χ4v) is 2.56. The van der Waals surface area contributed by atoms with E-state index >= 15 is 0 Å². The smallest absolute Gasteiger partial charge is 0.370 e. The second-order valence-corrected chi connectivity index (χ2v) is 7.51. The van der Waals surface area contributed by atoms with Crippen LogP contribution in [0.25, 0.3) is 0 Å². The lowest BCUT2D eigenvalue weighted by molar-refractivity contribution is -0.137. The van der Waals surface area contributed by atoms with Crippen LogP contribution < -0.4 is 10.2 Å². The summed E-state index contributed by atoms with van der Waals surface area (Å²) in [5, 5.41) is 2.28. The summed E-state index contributed by atoms with van der Waals surface area (Å²) in [6.45, 7) is 1.39. The quantitative estimate of drug-likeness (QED) is 0.722. The highest BCUT2D eigenvalue weighted by Gasteiger charge is 2.34. The van der Waals surface area contributed by atoms with Crippen LogP contribution in [0.2, 0.25) is 0 Å². The molecule has 0 spiro atoms. The van der Waals surface area contributed by atoms with Gasteiger partial charge in [0.15, 0.2) is 0 Å². The minimum atomic E-state index is -4.53. The van der Waals surface area contributed by atoms with Crippen LogP contribution >= 0.6 is 34.8 Å². The Morgan fingerprint density at radius 3 is 2.22 bits per heavy atom. The van der Waals surface area contributed by atoms with Gasteiger partial charge in [0.1, 0.15) is 0 Å². The third kappa shape index (κ3) is 4.81. The Labute approximate surface area is 146 Å². The van der Waals surface area contributed by atoms with Gasteiger partial charge >= 0.3 is 6.18 Å². The molecule has 1 N–H and O–H groups in total. The van der Waals surface area contributed by atoms with Crippen molar-refractivity contribution in [2.24, 2.45) is 0 Å². The summed E-state index contributed by atoms with van der Waals surface area (Å²) >= 11 is 16.5. The third-order valence-corrected chi connectivity index (χ3v) is 4.04. The van der Waals surface area contributed by atoms with E-state index in [1.54, 1.807) is 0 Å². The molecule has 2 rings (SSSR count). The lowest BCUT2D eigenvalue weighted by Crippen LogP contribution is -2.32. The number of alkyl halides is 6. The number of benzene rings is 1. The fraction of sp³-hybridized carbons (Fsp3) is 0.500. The Morgan fingerprint density at radius 1 is 1.09 bits per heavy atom. The van der Waals surface area contributed by atoms with Crippen molar-refractivity contribution in [2.75, 3.05) is 23.3 Å². The average molecular weight is 390 g/mol. The molecule has 0 unspecified atom stereocenters. The van der Waals surface area contributed by atoms with Crippen molar-refractivity contribution in [3.05, 3.63) is 23.8 Å². The van der Waals surface area contributed by atoms with Crippen LogP contribution in [0, 0.1) is 0 Å². The molecule has 0 saturated carbocycles. The highest BCUT2D eigenvalue weighted by Crippen LogP contribution is 2.37. The predicted molar refractivity (Wildman–Crippen MR) is 86.4 cm³/mol. The maximum absolute atomic E-state index is 12.9. The highest BCUT2D eigenvalue weighted by atomic mass is 35.6. The molecule has 9 heteroatoms. The third-order valence-electron chi connectivity index (χ3n) is 3.53. The Kier molecular flexibility index (Phi) is 5.59. The lowest BCUT2D eigenvalue weighted by Gasteiger charge is -2.31. The van der Waals surface area contributed by atoms with Crippen LogP contribution in [0.3, 0.4) is 0 Å². The lowest BCUT2D eigenvalue weighted by atomic mass is 10.1. The number of amides is 1. The van der Waals surface area contributed by atoms with Crippen LogP contribution in [0.15, 0.2) is 18.2 Å². The van der Waals surface area contributed by atoms with E-state index in [2.05, 4.69) is 5.32 Å². The van der Waals surface area contributed by atoms with E-state index < -0.39 is 21.4 Å². The molecule has 128 valence electrons. The number of carbonyl (C=O) groups is 1. The largest absolute Gasteiger partial charge is 0.416 e. The number of nitrogens with zero attached hydrogens (tertiary/aromatic N) is 1. The summed E-state index contributed by atoms with van der Waals surface area (Å²) in [6, 6.07) is 3.18. The van der Waals surface area contributed by atoms with Crippen LogP contribution in [-0.4, -0.2) is 22.8 Å². The second-order valence-electron chi connectivity index (χ2n) is 5.23. The SMILES string of the molecule is O=C(Nc1cc(C(F)(F)F)ccc1N1CCCCC1)C(Cl)(Cl)Cl. The van der Waals surface area contributed by atoms with Gasteiger partial charge in [-0.05, 0) is 37.5 Å². The van der Waals surface area contributed by atoms with Gasteiger partial charge < -0.3 is 10.2 Å². The summed E-state index contributed by atoms with van der Waals surface area (Å²) in [6.07, 6.45) is -1.61. The molecule has 0 radical (unpaired) electrons. The number of hydrogen-bond donors (Lipinski definition) is 1. The molecule has 1 aliphatic heterocycles. The topological polar surface area (TPSA) is 32.3 Å². The van der Waals surface area contributed by atoms with E-state index in [1.165, 1.54) is 6.07 Å². The molecular weight excluding hydrogens is 376 g/mol. The Hall–Kier alpha value is -0.850. The number of hydrogen-bond acceptors (Lipinski definition) is 2. The van der Waals surface area contributed by atoms with Crippen LogP contribution in [0.1, 0.15) is 24.8 Å². The van der Waals surface area contributed by atoms with Gasteiger partial charge in [-0.1, -0.05) is 34.8 Å². The van der Waals surface area contributed by atoms with Crippen molar-refractivity contribution >= 4 is 52.1 Å². The zero-order valence-corrected chi connectivity index (χ0v) is 14.2. The number of anilines is 2. The van der Waals surface area contributed by atoms with Gasteiger partial charge in [-0.15, -0.1) is 0 Å². The minimum Gasteiger partial charge on any atom is -0.370 e. The first kappa shape index (κ1) is 18.5. The maximum Gasteiger partial charge on any atom is 0.416 e. The molecule has 1 saturated heterocycles. The number of rotatable bonds is 2. The molecule has 1 aliphatic rings. The molecule has 1 aromatic rings. The maximum atomic E-state index is 12.9. The van der Waals surface area contributed by atoms with Gasteiger partial charge in [0.05, 0.1) is 16.9 Å². The number of carbonyl (C=O) groups excluding carboxylic acids is 1. The Balaban J connectivity index is 2.38. The fourth-order valence-electron chi connectivity index (χ4n) is 2.42. The van der Waals surface area contributed by atoms with Crippen molar-refractivity contribution in [3.8, 4) is 0 Å². The van der Waals surface area contributed by atoms with Crippen LogP contribution in [0.5, 0.6) is 0 Å². The van der Waals surface area contributed by atoms with Crippen molar-refractivity contribution in [1.29, 1.82) is 0 Å². The molecule has 0 aliphatic carbocycles. The molecular formula is C14H14Cl3F3N2O. The normalized spacial score (nSPS) is 16.3. The van der Waals surface area contributed by atoms with Gasteiger partial charge in [-0.3, -0.25) is 4.79 Å². The molecule has 0 atom stereocenters.